The SMILES string of the molecule is CC(C)(C)C(=O)Nc1cc2c(B3OC(C)(C)C(C)(C)O3)c(C3CCOCC3)n(-c3ccc(F)cc3)c2cc1C=N. The van der Waals surface area contributed by atoms with E-state index < -0.39 is 23.7 Å². The summed E-state index contributed by atoms with van der Waals surface area (Å²) in [6, 6.07) is 10.3. The van der Waals surface area contributed by atoms with E-state index in [9.17, 15) is 9.18 Å². The molecule has 0 radical (unpaired) electrons. The van der Waals surface area contributed by atoms with Crippen LogP contribution in [0.3, 0.4) is 0 Å². The Balaban J connectivity index is 1.84. The van der Waals surface area contributed by atoms with E-state index in [0.717, 1.165) is 40.6 Å². The van der Waals surface area contributed by atoms with E-state index >= 15 is 0 Å². The highest BCUT2D eigenvalue weighted by atomic mass is 19.1. The maximum absolute atomic E-state index is 14.0. The Morgan fingerprint density at radius 3 is 2.23 bits per heavy atom. The lowest BCUT2D eigenvalue weighted by molar-refractivity contribution is -0.123. The zero-order valence-electron chi connectivity index (χ0n) is 24.5. The van der Waals surface area contributed by atoms with E-state index in [2.05, 4.69) is 9.88 Å². The fourth-order valence-corrected chi connectivity index (χ4v) is 5.38. The molecule has 2 fully saturated rings. The van der Waals surface area contributed by atoms with Crippen molar-refractivity contribution in [3.05, 3.63) is 53.5 Å². The van der Waals surface area contributed by atoms with Crippen molar-refractivity contribution in [2.24, 2.45) is 5.41 Å². The number of carbonyl (C=O) groups excluding carboxylic acids is 1. The van der Waals surface area contributed by atoms with Crippen LogP contribution in [0.1, 0.15) is 78.5 Å². The van der Waals surface area contributed by atoms with Crippen LogP contribution < -0.4 is 10.8 Å². The highest BCUT2D eigenvalue weighted by molar-refractivity contribution is 6.66. The number of amides is 1. The van der Waals surface area contributed by atoms with Crippen LogP contribution in [0.2, 0.25) is 0 Å². The van der Waals surface area contributed by atoms with Gasteiger partial charge in [0.15, 0.2) is 0 Å². The number of ether oxygens (including phenoxy) is 1. The third-order valence-corrected chi connectivity index (χ3v) is 8.48. The average molecular weight is 547 g/mol. The summed E-state index contributed by atoms with van der Waals surface area (Å²) >= 11 is 0. The molecule has 9 heteroatoms. The minimum Gasteiger partial charge on any atom is -0.399 e. The number of fused-ring (bicyclic) bond motifs is 1. The predicted molar refractivity (Wildman–Crippen MR) is 158 cm³/mol. The van der Waals surface area contributed by atoms with E-state index in [1.165, 1.54) is 18.3 Å². The summed E-state index contributed by atoms with van der Waals surface area (Å²) in [5.74, 6) is -0.322. The molecule has 2 aliphatic rings. The summed E-state index contributed by atoms with van der Waals surface area (Å²) in [6.45, 7) is 15.0. The van der Waals surface area contributed by atoms with Crippen LogP contribution in [0, 0.1) is 16.6 Å². The van der Waals surface area contributed by atoms with E-state index in [-0.39, 0.29) is 17.6 Å². The third kappa shape index (κ3) is 4.99. The molecule has 5 rings (SSSR count). The standard InChI is InChI=1S/C31H39BFN3O4/c1-29(2,3)28(37)35-24-17-23-25(16-20(24)18-34)36(22-10-8-21(33)9-11-22)27(19-12-14-38-15-13-19)26(23)32-39-30(4,5)31(6,7)40-32/h8-11,16-19,34H,12-15H2,1-7H3,(H,35,37). The number of hydrogen-bond acceptors (Lipinski definition) is 5. The molecule has 7 nitrogen and oxygen atoms in total. The van der Waals surface area contributed by atoms with Crippen LogP contribution in [0.25, 0.3) is 16.6 Å². The first-order valence-electron chi connectivity index (χ1n) is 14.0. The molecule has 3 heterocycles. The Bertz CT molecular complexity index is 1430. The molecule has 2 N–H and O–H groups in total. The molecule has 0 aliphatic carbocycles. The number of hydrogen-bond donors (Lipinski definition) is 2. The maximum Gasteiger partial charge on any atom is 0.497 e. The normalized spacial score (nSPS) is 19.2. The topological polar surface area (TPSA) is 85.6 Å². The van der Waals surface area contributed by atoms with Crippen molar-refractivity contribution in [1.29, 1.82) is 5.41 Å². The van der Waals surface area contributed by atoms with Gasteiger partial charge in [0.2, 0.25) is 5.91 Å². The van der Waals surface area contributed by atoms with Gasteiger partial charge >= 0.3 is 7.12 Å². The summed E-state index contributed by atoms with van der Waals surface area (Å²) in [5.41, 5.74) is 2.95. The lowest BCUT2D eigenvalue weighted by atomic mass is 9.73. The Kier molecular flexibility index (Phi) is 7.22. The number of nitrogens with zero attached hydrogens (tertiary/aromatic N) is 1. The number of halogens is 1. The number of nitrogens with one attached hydrogen (secondary N) is 2. The van der Waals surface area contributed by atoms with Crippen molar-refractivity contribution < 1.29 is 23.2 Å². The van der Waals surface area contributed by atoms with Crippen molar-refractivity contribution in [3.63, 3.8) is 0 Å². The number of rotatable bonds is 5. The quantitative estimate of drug-likeness (QED) is 0.306. The Hall–Kier alpha value is -3.01. The second kappa shape index (κ2) is 10.1. The maximum atomic E-state index is 14.0. The number of benzene rings is 2. The smallest absolute Gasteiger partial charge is 0.399 e. The van der Waals surface area contributed by atoms with Gasteiger partial charge in [0.1, 0.15) is 5.82 Å². The zero-order chi connectivity index (χ0) is 29.0. The van der Waals surface area contributed by atoms with Gasteiger partial charge in [-0.2, -0.15) is 0 Å². The summed E-state index contributed by atoms with van der Waals surface area (Å²) < 4.78 is 35.2. The minimum absolute atomic E-state index is 0.135. The second-order valence-electron chi connectivity index (χ2n) is 12.9. The monoisotopic (exact) mass is 547 g/mol. The summed E-state index contributed by atoms with van der Waals surface area (Å²) in [6.07, 6.45) is 2.88. The molecule has 212 valence electrons. The van der Waals surface area contributed by atoms with Crippen molar-refractivity contribution in [3.8, 4) is 5.69 Å². The minimum atomic E-state index is -0.663. The van der Waals surface area contributed by atoms with E-state index in [4.69, 9.17) is 19.5 Å². The summed E-state index contributed by atoms with van der Waals surface area (Å²) in [5, 5.41) is 12.1. The van der Waals surface area contributed by atoms with Crippen LogP contribution in [-0.2, 0) is 18.8 Å². The fraction of sp³-hybridized carbons (Fsp3) is 0.484. The highest BCUT2D eigenvalue weighted by Crippen LogP contribution is 2.41. The van der Waals surface area contributed by atoms with Gasteiger partial charge in [-0.15, -0.1) is 0 Å². The van der Waals surface area contributed by atoms with Gasteiger partial charge in [0, 0.05) is 58.6 Å². The van der Waals surface area contributed by atoms with E-state index in [1.54, 1.807) is 12.1 Å². The van der Waals surface area contributed by atoms with Gasteiger partial charge in [0.25, 0.3) is 0 Å². The van der Waals surface area contributed by atoms with Crippen molar-refractivity contribution in [1.82, 2.24) is 4.57 Å². The van der Waals surface area contributed by atoms with Gasteiger partial charge in [0.05, 0.1) is 22.4 Å². The van der Waals surface area contributed by atoms with Crippen LogP contribution in [-0.4, -0.2) is 48.2 Å². The molecule has 1 aromatic heterocycles. The molecule has 1 amide bonds. The molecule has 0 spiro atoms. The van der Waals surface area contributed by atoms with Crippen molar-refractivity contribution in [2.75, 3.05) is 18.5 Å². The first kappa shape index (κ1) is 28.5. The Labute approximate surface area is 236 Å². The molecular formula is C31H39BFN3O4. The lowest BCUT2D eigenvalue weighted by Crippen LogP contribution is -2.41. The van der Waals surface area contributed by atoms with Gasteiger partial charge < -0.3 is 29.3 Å². The first-order chi connectivity index (χ1) is 18.7. The molecule has 0 saturated carbocycles. The van der Waals surface area contributed by atoms with Crippen LogP contribution in [0.4, 0.5) is 10.1 Å². The predicted octanol–water partition coefficient (Wildman–Crippen LogP) is 5.95. The van der Waals surface area contributed by atoms with Crippen molar-refractivity contribution in [2.45, 2.75) is 78.4 Å². The van der Waals surface area contributed by atoms with Gasteiger partial charge in [-0.05, 0) is 76.9 Å². The van der Waals surface area contributed by atoms with E-state index in [1.807, 2.05) is 60.6 Å². The first-order valence-corrected chi connectivity index (χ1v) is 14.0. The molecule has 3 aromatic rings. The fourth-order valence-electron chi connectivity index (χ4n) is 5.38. The molecule has 0 bridgehead atoms. The highest BCUT2D eigenvalue weighted by Gasteiger charge is 2.53. The van der Waals surface area contributed by atoms with Crippen LogP contribution in [0.5, 0.6) is 0 Å². The van der Waals surface area contributed by atoms with Gasteiger partial charge in [-0.25, -0.2) is 4.39 Å². The molecule has 2 aromatic carbocycles. The number of carbonyl (C=O) groups is 1. The van der Waals surface area contributed by atoms with Gasteiger partial charge in [-0.3, -0.25) is 4.79 Å². The van der Waals surface area contributed by atoms with Crippen molar-refractivity contribution >= 4 is 41.3 Å². The molecule has 40 heavy (non-hydrogen) atoms. The average Bonchev–Trinajstić information content (AvgIpc) is 3.32. The number of aromatic nitrogens is 1. The Morgan fingerprint density at radius 2 is 1.68 bits per heavy atom. The van der Waals surface area contributed by atoms with Gasteiger partial charge in [-0.1, -0.05) is 20.8 Å². The largest absolute Gasteiger partial charge is 0.497 e. The molecule has 2 saturated heterocycles. The second-order valence-corrected chi connectivity index (χ2v) is 12.9. The third-order valence-electron chi connectivity index (χ3n) is 8.48. The molecule has 0 atom stereocenters. The summed E-state index contributed by atoms with van der Waals surface area (Å²) in [4.78, 5) is 13.0. The molecular weight excluding hydrogens is 508 g/mol. The molecule has 2 aliphatic heterocycles. The summed E-state index contributed by atoms with van der Waals surface area (Å²) in [7, 11) is -0.663. The lowest BCUT2D eigenvalue weighted by Gasteiger charge is -2.32. The van der Waals surface area contributed by atoms with E-state index in [0.29, 0.717) is 24.5 Å². The zero-order valence-corrected chi connectivity index (χ0v) is 24.5. The Morgan fingerprint density at radius 1 is 1.07 bits per heavy atom. The van der Waals surface area contributed by atoms with Crippen LogP contribution >= 0.6 is 0 Å². The molecule has 0 unspecified atom stereocenters. The van der Waals surface area contributed by atoms with Crippen LogP contribution in [0.15, 0.2) is 36.4 Å². The number of anilines is 1.